The van der Waals surface area contributed by atoms with Crippen molar-refractivity contribution in [3.63, 3.8) is 0 Å². The minimum Gasteiger partial charge on any atom is -0.494 e. The lowest BCUT2D eigenvalue weighted by Crippen LogP contribution is -2.53. The number of benzene rings is 1. The molecule has 1 aliphatic carbocycles. The second-order valence-electron chi connectivity index (χ2n) is 8.19. The van der Waals surface area contributed by atoms with E-state index >= 15 is 0 Å². The van der Waals surface area contributed by atoms with Gasteiger partial charge in [-0.25, -0.2) is 4.39 Å². The predicted molar refractivity (Wildman–Crippen MR) is 106 cm³/mol. The van der Waals surface area contributed by atoms with E-state index in [-0.39, 0.29) is 29.1 Å². The van der Waals surface area contributed by atoms with Gasteiger partial charge in [0.15, 0.2) is 11.6 Å². The fourth-order valence-electron chi connectivity index (χ4n) is 5.03. The summed E-state index contributed by atoms with van der Waals surface area (Å²) in [7, 11) is 1.39. The van der Waals surface area contributed by atoms with Gasteiger partial charge >= 0.3 is 0 Å². The Balaban J connectivity index is 1.60. The molecule has 4 rings (SSSR count). The Morgan fingerprint density at radius 3 is 2.82 bits per heavy atom. The van der Waals surface area contributed by atoms with Crippen molar-refractivity contribution in [2.75, 3.05) is 13.7 Å². The van der Waals surface area contributed by atoms with Crippen molar-refractivity contribution in [1.29, 1.82) is 0 Å². The summed E-state index contributed by atoms with van der Waals surface area (Å²) < 4.78 is 20.4. The lowest BCUT2D eigenvalue weighted by atomic mass is 9.72. The van der Waals surface area contributed by atoms with Gasteiger partial charge in [0.1, 0.15) is 6.54 Å². The van der Waals surface area contributed by atoms with Crippen molar-refractivity contribution in [1.82, 2.24) is 9.47 Å². The van der Waals surface area contributed by atoms with E-state index in [0.717, 1.165) is 25.8 Å². The van der Waals surface area contributed by atoms with E-state index in [9.17, 15) is 14.0 Å². The zero-order valence-electron chi connectivity index (χ0n) is 16.5. The molecule has 0 N–H and O–H groups in total. The van der Waals surface area contributed by atoms with Gasteiger partial charge in [-0.1, -0.05) is 19.8 Å². The van der Waals surface area contributed by atoms with Crippen molar-refractivity contribution in [2.24, 2.45) is 11.8 Å². The van der Waals surface area contributed by atoms with Crippen LogP contribution >= 0.6 is 0 Å². The van der Waals surface area contributed by atoms with Gasteiger partial charge in [0.2, 0.25) is 5.91 Å². The largest absolute Gasteiger partial charge is 0.494 e. The molecule has 2 aliphatic rings. The summed E-state index contributed by atoms with van der Waals surface area (Å²) in [6.45, 7) is 3.05. The first-order valence-corrected chi connectivity index (χ1v) is 10.2. The number of carbonyl (C=O) groups is 1. The number of methoxy groups -OCH3 is 1. The lowest BCUT2D eigenvalue weighted by molar-refractivity contribution is -0.139. The number of nitrogens with zero attached hydrogens (tertiary/aromatic N) is 2. The Bertz CT molecular complexity index is 955. The molecule has 5 nitrogen and oxygen atoms in total. The Morgan fingerprint density at radius 1 is 1.25 bits per heavy atom. The molecule has 0 radical (unpaired) electrons. The Morgan fingerprint density at radius 2 is 2.04 bits per heavy atom. The number of hydrogen-bond acceptors (Lipinski definition) is 3. The maximum absolute atomic E-state index is 14.1. The molecule has 28 heavy (non-hydrogen) atoms. The van der Waals surface area contributed by atoms with E-state index in [1.807, 2.05) is 4.90 Å². The Labute approximate surface area is 164 Å². The SMILES string of the molecule is COc1cc2ccn(CC(=O)N3CCC(C)C4CCCCC43)c(=O)c2cc1F. The van der Waals surface area contributed by atoms with Crippen molar-refractivity contribution >= 4 is 16.7 Å². The smallest absolute Gasteiger partial charge is 0.259 e. The van der Waals surface area contributed by atoms with Crippen LogP contribution in [0.3, 0.4) is 0 Å². The van der Waals surface area contributed by atoms with Gasteiger partial charge in [-0.15, -0.1) is 0 Å². The second kappa shape index (κ2) is 7.57. The first-order valence-electron chi connectivity index (χ1n) is 10.2. The van der Waals surface area contributed by atoms with Crippen molar-refractivity contribution < 1.29 is 13.9 Å². The number of fused-ring (bicyclic) bond motifs is 2. The normalized spacial score (nSPS) is 24.8. The predicted octanol–water partition coefficient (Wildman–Crippen LogP) is 3.58. The summed E-state index contributed by atoms with van der Waals surface area (Å²) >= 11 is 0. The van der Waals surface area contributed by atoms with E-state index in [1.165, 1.54) is 36.7 Å². The van der Waals surface area contributed by atoms with Crippen LogP contribution in [0.15, 0.2) is 29.2 Å². The maximum Gasteiger partial charge on any atom is 0.259 e. The van der Waals surface area contributed by atoms with E-state index in [1.54, 1.807) is 12.3 Å². The molecule has 150 valence electrons. The maximum atomic E-state index is 14.1. The molecule has 3 unspecified atom stereocenters. The average molecular weight is 386 g/mol. The number of piperidine rings is 1. The zero-order chi connectivity index (χ0) is 19.8. The minimum absolute atomic E-state index is 0.0000224. The number of rotatable bonds is 3. The van der Waals surface area contributed by atoms with Crippen LogP contribution in [0.2, 0.25) is 0 Å². The number of aromatic nitrogens is 1. The van der Waals surface area contributed by atoms with Crippen LogP contribution in [0.4, 0.5) is 4.39 Å². The molecule has 1 aliphatic heterocycles. The summed E-state index contributed by atoms with van der Waals surface area (Å²) in [6, 6.07) is 4.73. The molecule has 2 fully saturated rings. The molecule has 1 aromatic heterocycles. The zero-order valence-corrected chi connectivity index (χ0v) is 16.5. The summed E-state index contributed by atoms with van der Waals surface area (Å²) in [5.74, 6) is 0.731. The topological polar surface area (TPSA) is 51.5 Å². The van der Waals surface area contributed by atoms with Crippen LogP contribution < -0.4 is 10.3 Å². The monoisotopic (exact) mass is 386 g/mol. The molecule has 0 spiro atoms. The molecule has 3 atom stereocenters. The standard InChI is InChI=1S/C22H27FN2O3/c1-14-7-10-25(19-6-4-3-5-16(14)19)21(26)13-24-9-8-15-11-20(28-2)18(23)12-17(15)22(24)27/h8-9,11-12,14,16,19H,3-7,10,13H2,1-2H3. The second-order valence-corrected chi connectivity index (χ2v) is 8.19. The van der Waals surface area contributed by atoms with Crippen molar-refractivity contribution in [2.45, 2.75) is 51.6 Å². The number of amides is 1. The van der Waals surface area contributed by atoms with Gasteiger partial charge in [-0.05, 0) is 54.7 Å². The van der Waals surface area contributed by atoms with E-state index < -0.39 is 5.82 Å². The Hall–Kier alpha value is -2.37. The molecule has 1 saturated heterocycles. The Kier molecular flexibility index (Phi) is 5.13. The third-order valence-electron chi connectivity index (χ3n) is 6.61. The summed E-state index contributed by atoms with van der Waals surface area (Å²) in [6.07, 6.45) is 7.28. The van der Waals surface area contributed by atoms with E-state index in [2.05, 4.69) is 6.92 Å². The van der Waals surface area contributed by atoms with Crippen LogP contribution in [0.1, 0.15) is 39.0 Å². The molecule has 2 heterocycles. The van der Waals surface area contributed by atoms with Gasteiger partial charge in [0.05, 0.1) is 12.5 Å². The minimum atomic E-state index is -0.578. The third kappa shape index (κ3) is 3.29. The number of likely N-dealkylation sites (tertiary alicyclic amines) is 1. The highest BCUT2D eigenvalue weighted by molar-refractivity contribution is 5.83. The van der Waals surface area contributed by atoms with Crippen LogP contribution in [0, 0.1) is 17.7 Å². The highest BCUT2D eigenvalue weighted by Gasteiger charge is 2.39. The van der Waals surface area contributed by atoms with Gasteiger partial charge < -0.3 is 14.2 Å². The van der Waals surface area contributed by atoms with Crippen LogP contribution in [-0.4, -0.2) is 35.1 Å². The summed E-state index contributed by atoms with van der Waals surface area (Å²) in [4.78, 5) is 27.9. The fraction of sp³-hybridized carbons (Fsp3) is 0.545. The molecular weight excluding hydrogens is 359 g/mol. The van der Waals surface area contributed by atoms with Crippen molar-refractivity contribution in [3.8, 4) is 5.75 Å². The van der Waals surface area contributed by atoms with Gasteiger partial charge in [-0.3, -0.25) is 9.59 Å². The summed E-state index contributed by atoms with van der Waals surface area (Å²) in [5, 5.41) is 0.863. The molecule has 1 amide bonds. The third-order valence-corrected chi connectivity index (χ3v) is 6.61. The quantitative estimate of drug-likeness (QED) is 0.810. The molecule has 6 heteroatoms. The van der Waals surface area contributed by atoms with Gasteiger partial charge in [0.25, 0.3) is 5.56 Å². The van der Waals surface area contributed by atoms with Crippen LogP contribution in [0.5, 0.6) is 5.75 Å². The van der Waals surface area contributed by atoms with Crippen LogP contribution in [0.25, 0.3) is 10.8 Å². The number of carbonyl (C=O) groups excluding carboxylic acids is 1. The average Bonchev–Trinajstić information content (AvgIpc) is 2.70. The van der Waals surface area contributed by atoms with Gasteiger partial charge in [-0.2, -0.15) is 0 Å². The number of ether oxygens (including phenoxy) is 1. The molecule has 2 aromatic rings. The number of halogens is 1. The summed E-state index contributed by atoms with van der Waals surface area (Å²) in [5.41, 5.74) is -0.349. The highest BCUT2D eigenvalue weighted by Crippen LogP contribution is 2.38. The van der Waals surface area contributed by atoms with Crippen LogP contribution in [-0.2, 0) is 11.3 Å². The van der Waals surface area contributed by atoms with Gasteiger partial charge in [0, 0.05) is 18.8 Å². The molecular formula is C22H27FN2O3. The fourth-order valence-corrected chi connectivity index (χ4v) is 5.03. The number of pyridine rings is 1. The van der Waals surface area contributed by atoms with E-state index in [4.69, 9.17) is 4.74 Å². The number of hydrogen-bond donors (Lipinski definition) is 0. The molecule has 1 aromatic carbocycles. The lowest BCUT2D eigenvalue weighted by Gasteiger charge is -2.47. The molecule has 0 bridgehead atoms. The first kappa shape index (κ1) is 19.0. The van der Waals surface area contributed by atoms with Crippen molar-refractivity contribution in [3.05, 3.63) is 40.6 Å². The molecule has 1 saturated carbocycles. The highest BCUT2D eigenvalue weighted by atomic mass is 19.1. The first-order chi connectivity index (χ1) is 13.5. The van der Waals surface area contributed by atoms with E-state index in [0.29, 0.717) is 23.3 Å².